The van der Waals surface area contributed by atoms with Crippen LogP contribution in [0.15, 0.2) is 41.4 Å². The van der Waals surface area contributed by atoms with Crippen molar-refractivity contribution < 1.29 is 13.2 Å². The molecule has 0 aliphatic carbocycles. The molecule has 1 aliphatic rings. The molecular weight excluding hydrogens is 341 g/mol. The number of aromatic nitrogens is 3. The number of hydrogen-bond acceptors (Lipinski definition) is 4. The Labute approximate surface area is 147 Å². The molecule has 2 aromatic carbocycles. The highest BCUT2D eigenvalue weighted by molar-refractivity contribution is 6.13. The summed E-state index contributed by atoms with van der Waals surface area (Å²) in [6.45, 7) is 4.38. The average Bonchev–Trinajstić information content (AvgIpc) is 2.58. The van der Waals surface area contributed by atoms with E-state index in [1.807, 2.05) is 0 Å². The largest absolute Gasteiger partial charge is 0.298 e. The van der Waals surface area contributed by atoms with E-state index in [9.17, 15) is 4.39 Å². The molecule has 3 aromatic rings. The molecule has 4 nitrogen and oxygen atoms in total. The third kappa shape index (κ3) is 2.23. The standard InChI is InChI=1S/C19H15F3N4/c1-10-6-4-7-11-14(10)19(21,22)18(2,3)24-15(11)17-23-13-9-5-8-12(20)16(13)25-26-17/h4-9H,1-3H3. The molecule has 1 aromatic heterocycles. The Balaban J connectivity index is 2.00. The van der Waals surface area contributed by atoms with E-state index in [0.29, 0.717) is 11.1 Å². The highest BCUT2D eigenvalue weighted by Crippen LogP contribution is 2.47. The van der Waals surface area contributed by atoms with Gasteiger partial charge in [-0.1, -0.05) is 24.3 Å². The van der Waals surface area contributed by atoms with Gasteiger partial charge in [0.2, 0.25) is 5.82 Å². The number of rotatable bonds is 1. The zero-order chi connectivity index (χ0) is 18.7. The lowest BCUT2D eigenvalue weighted by Crippen LogP contribution is -2.45. The molecule has 0 bridgehead atoms. The maximum Gasteiger partial charge on any atom is 0.298 e. The lowest BCUT2D eigenvalue weighted by Gasteiger charge is -2.37. The molecule has 0 atom stereocenters. The molecule has 0 N–H and O–H groups in total. The first kappa shape index (κ1) is 16.6. The van der Waals surface area contributed by atoms with E-state index in [1.54, 1.807) is 31.2 Å². The highest BCUT2D eigenvalue weighted by atomic mass is 19.3. The van der Waals surface area contributed by atoms with Crippen LogP contribution in [0.25, 0.3) is 11.0 Å². The summed E-state index contributed by atoms with van der Waals surface area (Å²) in [7, 11) is 0. The minimum atomic E-state index is -3.15. The zero-order valence-corrected chi connectivity index (χ0v) is 14.4. The van der Waals surface area contributed by atoms with Crippen LogP contribution >= 0.6 is 0 Å². The summed E-state index contributed by atoms with van der Waals surface area (Å²) in [5.74, 6) is -3.59. The summed E-state index contributed by atoms with van der Waals surface area (Å²) in [4.78, 5) is 8.57. The average molecular weight is 356 g/mol. The van der Waals surface area contributed by atoms with Crippen molar-refractivity contribution in [3.8, 4) is 0 Å². The van der Waals surface area contributed by atoms with Crippen molar-refractivity contribution in [2.75, 3.05) is 0 Å². The normalized spacial score (nSPS) is 17.7. The first-order chi connectivity index (χ1) is 12.2. The first-order valence-corrected chi connectivity index (χ1v) is 8.10. The molecule has 7 heteroatoms. The minimum Gasteiger partial charge on any atom is -0.268 e. The summed E-state index contributed by atoms with van der Waals surface area (Å²) >= 11 is 0. The van der Waals surface area contributed by atoms with Crippen LogP contribution in [-0.2, 0) is 5.92 Å². The Hall–Kier alpha value is -2.83. The Morgan fingerprint density at radius 1 is 0.962 bits per heavy atom. The van der Waals surface area contributed by atoms with Crippen molar-refractivity contribution in [1.82, 2.24) is 15.2 Å². The molecular formula is C19H15F3N4. The molecule has 0 radical (unpaired) electrons. The summed E-state index contributed by atoms with van der Waals surface area (Å²) in [6.07, 6.45) is 0. The van der Waals surface area contributed by atoms with E-state index in [1.165, 1.54) is 26.0 Å². The number of fused-ring (bicyclic) bond motifs is 2. The highest BCUT2D eigenvalue weighted by Gasteiger charge is 2.53. The van der Waals surface area contributed by atoms with Gasteiger partial charge in [-0.05, 0) is 38.5 Å². The molecule has 2 heterocycles. The Bertz CT molecular complexity index is 1070. The van der Waals surface area contributed by atoms with Crippen LogP contribution in [0.3, 0.4) is 0 Å². The Morgan fingerprint density at radius 3 is 2.46 bits per heavy atom. The number of hydrogen-bond donors (Lipinski definition) is 0. The van der Waals surface area contributed by atoms with Gasteiger partial charge < -0.3 is 0 Å². The van der Waals surface area contributed by atoms with E-state index in [4.69, 9.17) is 0 Å². The van der Waals surface area contributed by atoms with Gasteiger partial charge in [0.1, 0.15) is 16.8 Å². The smallest absolute Gasteiger partial charge is 0.268 e. The van der Waals surface area contributed by atoms with Crippen LogP contribution in [0.1, 0.15) is 36.4 Å². The van der Waals surface area contributed by atoms with E-state index >= 15 is 8.78 Å². The van der Waals surface area contributed by atoms with Crippen molar-refractivity contribution in [3.05, 3.63) is 64.7 Å². The number of halogens is 3. The van der Waals surface area contributed by atoms with Crippen LogP contribution in [0.5, 0.6) is 0 Å². The minimum absolute atomic E-state index is 0.0294. The monoisotopic (exact) mass is 356 g/mol. The van der Waals surface area contributed by atoms with Crippen molar-refractivity contribution in [2.45, 2.75) is 32.2 Å². The number of nitrogens with zero attached hydrogens (tertiary/aromatic N) is 4. The lowest BCUT2D eigenvalue weighted by atomic mass is 9.80. The second-order valence-electron chi connectivity index (χ2n) is 6.83. The van der Waals surface area contributed by atoms with Gasteiger partial charge in [0.05, 0.1) is 5.52 Å². The van der Waals surface area contributed by atoms with E-state index < -0.39 is 17.3 Å². The fraction of sp³-hybridized carbons (Fsp3) is 0.263. The molecule has 0 saturated carbocycles. The summed E-state index contributed by atoms with van der Waals surface area (Å²) in [5.41, 5.74) is -0.471. The molecule has 0 unspecified atom stereocenters. The number of aryl methyl sites for hydroxylation is 1. The summed E-state index contributed by atoms with van der Waals surface area (Å²) in [6, 6.07) is 9.26. The van der Waals surface area contributed by atoms with Gasteiger partial charge in [-0.3, -0.25) is 4.99 Å². The van der Waals surface area contributed by atoms with Gasteiger partial charge in [0.15, 0.2) is 5.82 Å². The van der Waals surface area contributed by atoms with E-state index in [2.05, 4.69) is 20.2 Å². The topological polar surface area (TPSA) is 51.0 Å². The molecule has 0 saturated heterocycles. The SMILES string of the molecule is Cc1cccc2c1C(F)(F)C(C)(C)N=C2c1nnc2c(F)cccc2n1. The second kappa shape index (κ2) is 5.33. The van der Waals surface area contributed by atoms with E-state index in [-0.39, 0.29) is 28.2 Å². The molecule has 0 amide bonds. The summed E-state index contributed by atoms with van der Waals surface area (Å²) < 4.78 is 43.8. The lowest BCUT2D eigenvalue weighted by molar-refractivity contribution is -0.0687. The van der Waals surface area contributed by atoms with Crippen molar-refractivity contribution >= 4 is 16.7 Å². The van der Waals surface area contributed by atoms with Crippen LogP contribution in [-0.4, -0.2) is 26.4 Å². The van der Waals surface area contributed by atoms with Gasteiger partial charge in [-0.25, -0.2) is 9.37 Å². The summed E-state index contributed by atoms with van der Waals surface area (Å²) in [5, 5.41) is 7.84. The van der Waals surface area contributed by atoms with Crippen LogP contribution in [0.4, 0.5) is 13.2 Å². The fourth-order valence-corrected chi connectivity index (χ4v) is 3.20. The van der Waals surface area contributed by atoms with Crippen LogP contribution < -0.4 is 0 Å². The van der Waals surface area contributed by atoms with Crippen molar-refractivity contribution in [2.24, 2.45) is 4.99 Å². The molecule has 132 valence electrons. The van der Waals surface area contributed by atoms with Gasteiger partial charge in [-0.2, -0.15) is 8.78 Å². The number of alkyl halides is 2. The predicted molar refractivity (Wildman–Crippen MR) is 92.1 cm³/mol. The van der Waals surface area contributed by atoms with Gasteiger partial charge >= 0.3 is 0 Å². The third-order valence-corrected chi connectivity index (χ3v) is 4.65. The quantitative estimate of drug-likeness (QED) is 0.657. The number of benzene rings is 2. The van der Waals surface area contributed by atoms with Crippen LogP contribution in [0, 0.1) is 12.7 Å². The molecule has 4 rings (SSSR count). The van der Waals surface area contributed by atoms with Crippen LogP contribution in [0.2, 0.25) is 0 Å². The fourth-order valence-electron chi connectivity index (χ4n) is 3.20. The molecule has 26 heavy (non-hydrogen) atoms. The van der Waals surface area contributed by atoms with Crippen molar-refractivity contribution in [3.63, 3.8) is 0 Å². The van der Waals surface area contributed by atoms with Gasteiger partial charge in [0.25, 0.3) is 5.92 Å². The van der Waals surface area contributed by atoms with E-state index in [0.717, 1.165) is 0 Å². The maximum atomic E-state index is 15.0. The zero-order valence-electron chi connectivity index (χ0n) is 14.4. The third-order valence-electron chi connectivity index (χ3n) is 4.65. The Morgan fingerprint density at radius 2 is 1.69 bits per heavy atom. The maximum absolute atomic E-state index is 15.0. The number of aliphatic imine (C=N–C) groups is 1. The second-order valence-corrected chi connectivity index (χ2v) is 6.83. The molecule has 0 fully saturated rings. The molecule has 1 aliphatic heterocycles. The Kier molecular flexibility index (Phi) is 3.41. The predicted octanol–water partition coefficient (Wildman–Crippen LogP) is 4.19. The van der Waals surface area contributed by atoms with Gasteiger partial charge in [0, 0.05) is 11.1 Å². The van der Waals surface area contributed by atoms with Crippen molar-refractivity contribution in [1.29, 1.82) is 0 Å². The molecule has 0 spiro atoms. The first-order valence-electron chi connectivity index (χ1n) is 8.10. The van der Waals surface area contributed by atoms with Gasteiger partial charge in [-0.15, -0.1) is 10.2 Å².